The second kappa shape index (κ2) is 6.76. The molecule has 9 nitrogen and oxygen atoms in total. The van der Waals surface area contributed by atoms with Crippen molar-refractivity contribution < 1.29 is 19.0 Å². The first-order valence-corrected chi connectivity index (χ1v) is 8.51. The van der Waals surface area contributed by atoms with Crippen LogP contribution in [0.15, 0.2) is 51.7 Å². The van der Waals surface area contributed by atoms with Crippen molar-refractivity contribution in [3.8, 4) is 11.5 Å². The molecule has 0 saturated carbocycles. The van der Waals surface area contributed by atoms with Gasteiger partial charge in [-0.3, -0.25) is 14.8 Å². The van der Waals surface area contributed by atoms with Crippen LogP contribution in [0.4, 0.5) is 5.82 Å². The average Bonchev–Trinajstić information content (AvgIpc) is 3.12. The minimum absolute atomic E-state index is 0.0261. The number of hydrogen-bond donors (Lipinski definition) is 3. The minimum atomic E-state index is -0.774. The van der Waals surface area contributed by atoms with Crippen molar-refractivity contribution >= 4 is 11.8 Å². The van der Waals surface area contributed by atoms with Crippen LogP contribution in [0.3, 0.4) is 0 Å². The molecular formula is C19H17N3O6. The second-order valence-corrected chi connectivity index (χ2v) is 6.29. The number of aromatic nitrogens is 2. The van der Waals surface area contributed by atoms with E-state index >= 15 is 0 Å². The quantitative estimate of drug-likeness (QED) is 0.538. The van der Waals surface area contributed by atoms with E-state index in [4.69, 9.17) is 14.2 Å². The Labute approximate surface area is 158 Å². The number of nitrogens with one attached hydrogen (secondary N) is 3. The summed E-state index contributed by atoms with van der Waals surface area (Å²) in [4.78, 5) is 41.9. The highest BCUT2D eigenvalue weighted by Gasteiger charge is 2.36. The van der Waals surface area contributed by atoms with Crippen LogP contribution < -0.4 is 26.0 Å². The number of anilines is 1. The highest BCUT2D eigenvalue weighted by atomic mass is 16.7. The Balaban J connectivity index is 1.92. The van der Waals surface area contributed by atoms with Crippen molar-refractivity contribution in [2.45, 2.75) is 12.8 Å². The lowest BCUT2D eigenvalue weighted by Crippen LogP contribution is -2.35. The fourth-order valence-corrected chi connectivity index (χ4v) is 3.40. The summed E-state index contributed by atoms with van der Waals surface area (Å²) in [5.74, 6) is -0.0543. The molecule has 1 atom stereocenters. The number of carbonyl (C=O) groups is 1. The number of hydrogen-bond acceptors (Lipinski definition) is 7. The van der Waals surface area contributed by atoms with Gasteiger partial charge in [0.2, 0.25) is 6.79 Å². The first kappa shape index (κ1) is 17.7. The van der Waals surface area contributed by atoms with E-state index in [1.54, 1.807) is 25.1 Å². The minimum Gasteiger partial charge on any atom is -0.458 e. The SMILES string of the molecule is C=CCOC(=O)C1=C(C)Nc2[nH]c(=O)[nH]c(=O)c2[C@H]1c1ccc2c(c1)OCO2. The van der Waals surface area contributed by atoms with Gasteiger partial charge in [-0.2, -0.15) is 0 Å². The summed E-state index contributed by atoms with van der Waals surface area (Å²) in [5, 5.41) is 2.92. The topological polar surface area (TPSA) is 123 Å². The molecule has 3 N–H and O–H groups in total. The summed E-state index contributed by atoms with van der Waals surface area (Å²) < 4.78 is 16.0. The fourth-order valence-electron chi connectivity index (χ4n) is 3.40. The number of H-pyrrole nitrogens is 2. The maximum atomic E-state index is 12.8. The molecule has 1 aromatic carbocycles. The molecule has 2 aromatic rings. The molecule has 0 bridgehead atoms. The number of aromatic amines is 2. The Morgan fingerprint density at radius 3 is 2.86 bits per heavy atom. The maximum Gasteiger partial charge on any atom is 0.337 e. The Morgan fingerprint density at radius 2 is 2.07 bits per heavy atom. The van der Waals surface area contributed by atoms with Crippen LogP contribution in [0.1, 0.15) is 24.0 Å². The number of allylic oxidation sites excluding steroid dienone is 1. The van der Waals surface area contributed by atoms with Crippen molar-refractivity contribution in [2.24, 2.45) is 0 Å². The van der Waals surface area contributed by atoms with Gasteiger partial charge in [0.15, 0.2) is 11.5 Å². The molecule has 1 aromatic heterocycles. The van der Waals surface area contributed by atoms with Crippen molar-refractivity contribution in [1.82, 2.24) is 9.97 Å². The molecule has 0 amide bonds. The number of fused-ring (bicyclic) bond motifs is 2. The summed E-state index contributed by atoms with van der Waals surface area (Å²) in [6.45, 7) is 5.33. The van der Waals surface area contributed by atoms with Crippen LogP contribution in [0.5, 0.6) is 11.5 Å². The molecule has 0 aliphatic carbocycles. The van der Waals surface area contributed by atoms with Crippen LogP contribution in [-0.2, 0) is 9.53 Å². The average molecular weight is 383 g/mol. The predicted molar refractivity (Wildman–Crippen MR) is 99.6 cm³/mol. The molecule has 2 aliphatic heterocycles. The molecule has 144 valence electrons. The molecule has 0 saturated heterocycles. The Morgan fingerprint density at radius 1 is 1.29 bits per heavy atom. The van der Waals surface area contributed by atoms with E-state index < -0.39 is 23.1 Å². The molecule has 9 heteroatoms. The van der Waals surface area contributed by atoms with E-state index in [2.05, 4.69) is 21.9 Å². The Hall–Kier alpha value is -3.75. The van der Waals surface area contributed by atoms with Gasteiger partial charge in [-0.15, -0.1) is 0 Å². The third-order valence-corrected chi connectivity index (χ3v) is 4.56. The summed E-state index contributed by atoms with van der Waals surface area (Å²) in [5.41, 5.74) is 0.293. The third-order valence-electron chi connectivity index (χ3n) is 4.56. The number of esters is 1. The van der Waals surface area contributed by atoms with E-state index in [1.165, 1.54) is 6.08 Å². The lowest BCUT2D eigenvalue weighted by Gasteiger charge is -2.28. The molecule has 0 unspecified atom stereocenters. The van der Waals surface area contributed by atoms with Crippen molar-refractivity contribution in [2.75, 3.05) is 18.7 Å². The first-order chi connectivity index (χ1) is 13.5. The van der Waals surface area contributed by atoms with Gasteiger partial charge < -0.3 is 19.5 Å². The summed E-state index contributed by atoms with van der Waals surface area (Å²) >= 11 is 0. The van der Waals surface area contributed by atoms with E-state index in [-0.39, 0.29) is 30.4 Å². The lowest BCUT2D eigenvalue weighted by atomic mass is 9.82. The predicted octanol–water partition coefficient (Wildman–Crippen LogP) is 1.35. The molecule has 2 aliphatic rings. The molecule has 4 rings (SSSR count). The van der Waals surface area contributed by atoms with Crippen LogP contribution in [0, 0.1) is 0 Å². The standard InChI is InChI=1S/C19H17N3O6/c1-3-6-26-18(24)13-9(2)20-16-15(17(23)22-19(25)21-16)14(13)10-4-5-11-12(7-10)28-8-27-11/h3-5,7,14H,1,6,8H2,2H3,(H3,20,21,22,23,25)/t14-/m0/s1. The molecule has 0 spiro atoms. The van der Waals surface area contributed by atoms with E-state index in [0.29, 0.717) is 22.8 Å². The molecule has 0 radical (unpaired) electrons. The number of benzene rings is 1. The normalized spacial score (nSPS) is 17.0. The fraction of sp³-hybridized carbons (Fsp3) is 0.211. The van der Waals surface area contributed by atoms with Crippen molar-refractivity contribution in [3.63, 3.8) is 0 Å². The number of carbonyl (C=O) groups excluding carboxylic acids is 1. The summed E-state index contributed by atoms with van der Waals surface area (Å²) in [7, 11) is 0. The molecule has 28 heavy (non-hydrogen) atoms. The van der Waals surface area contributed by atoms with Gasteiger partial charge in [0.05, 0.1) is 17.1 Å². The molecular weight excluding hydrogens is 366 g/mol. The lowest BCUT2D eigenvalue weighted by molar-refractivity contribution is -0.138. The van der Waals surface area contributed by atoms with Gasteiger partial charge >= 0.3 is 11.7 Å². The van der Waals surface area contributed by atoms with E-state index in [0.717, 1.165) is 0 Å². The van der Waals surface area contributed by atoms with Crippen molar-refractivity contribution in [1.29, 1.82) is 0 Å². The first-order valence-electron chi connectivity index (χ1n) is 8.51. The van der Waals surface area contributed by atoms with Gasteiger partial charge in [-0.1, -0.05) is 18.7 Å². The van der Waals surface area contributed by atoms with Gasteiger partial charge in [0.1, 0.15) is 12.4 Å². The van der Waals surface area contributed by atoms with Gasteiger partial charge in [0, 0.05) is 5.70 Å². The third kappa shape index (κ3) is 2.86. The van der Waals surface area contributed by atoms with Crippen LogP contribution >= 0.6 is 0 Å². The second-order valence-electron chi connectivity index (χ2n) is 6.29. The zero-order valence-electron chi connectivity index (χ0n) is 15.0. The number of ether oxygens (including phenoxy) is 3. The highest BCUT2D eigenvalue weighted by molar-refractivity contribution is 5.94. The van der Waals surface area contributed by atoms with E-state index in [9.17, 15) is 14.4 Å². The highest BCUT2D eigenvalue weighted by Crippen LogP contribution is 2.42. The Kier molecular flexibility index (Phi) is 4.26. The monoisotopic (exact) mass is 383 g/mol. The van der Waals surface area contributed by atoms with Crippen LogP contribution in [-0.4, -0.2) is 29.3 Å². The van der Waals surface area contributed by atoms with Gasteiger partial charge in [-0.05, 0) is 24.6 Å². The number of rotatable bonds is 4. The smallest absolute Gasteiger partial charge is 0.337 e. The molecule has 0 fully saturated rings. The van der Waals surface area contributed by atoms with Crippen LogP contribution in [0.25, 0.3) is 0 Å². The zero-order chi connectivity index (χ0) is 19.8. The zero-order valence-corrected chi connectivity index (χ0v) is 15.0. The molecule has 3 heterocycles. The summed E-state index contributed by atoms with van der Waals surface area (Å²) in [6.07, 6.45) is 1.46. The van der Waals surface area contributed by atoms with Gasteiger partial charge in [0.25, 0.3) is 5.56 Å². The van der Waals surface area contributed by atoms with E-state index in [1.807, 2.05) is 0 Å². The van der Waals surface area contributed by atoms with Gasteiger partial charge in [-0.25, -0.2) is 9.59 Å². The summed E-state index contributed by atoms with van der Waals surface area (Å²) in [6, 6.07) is 5.16. The van der Waals surface area contributed by atoms with Crippen LogP contribution in [0.2, 0.25) is 0 Å². The Bertz CT molecular complexity index is 1130. The largest absolute Gasteiger partial charge is 0.458 e. The maximum absolute atomic E-state index is 12.8. The van der Waals surface area contributed by atoms with Crippen molar-refractivity contribution in [3.05, 3.63) is 74.1 Å².